The molecule has 0 aliphatic carbocycles. The summed E-state index contributed by atoms with van der Waals surface area (Å²) in [5.41, 5.74) is 5.52. The minimum absolute atomic E-state index is 0.0367. The second-order valence-corrected chi connectivity index (χ2v) is 7.25. The number of aryl methyl sites for hydroxylation is 1. The Balaban J connectivity index is 2.71. The van der Waals surface area contributed by atoms with Crippen LogP contribution < -0.4 is 0 Å². The first-order chi connectivity index (χ1) is 10.2. The Morgan fingerprint density at radius 1 is 1.23 bits per heavy atom. The SMILES string of the molecule is CCC(C)c1nn(-c2ccc(F)cc2C)c(C)c1C(C)(C)C. The van der Waals surface area contributed by atoms with Gasteiger partial charge in [-0.1, -0.05) is 34.6 Å². The molecule has 120 valence electrons. The van der Waals surface area contributed by atoms with Crippen molar-refractivity contribution in [2.45, 2.75) is 66.2 Å². The van der Waals surface area contributed by atoms with E-state index in [4.69, 9.17) is 5.10 Å². The molecule has 0 aliphatic rings. The number of aromatic nitrogens is 2. The van der Waals surface area contributed by atoms with Crippen molar-refractivity contribution < 1.29 is 4.39 Å². The summed E-state index contributed by atoms with van der Waals surface area (Å²) < 4.78 is 15.4. The molecule has 1 heterocycles. The lowest BCUT2D eigenvalue weighted by Crippen LogP contribution is -2.15. The van der Waals surface area contributed by atoms with Gasteiger partial charge in [0.1, 0.15) is 5.82 Å². The van der Waals surface area contributed by atoms with E-state index in [9.17, 15) is 4.39 Å². The number of hydrogen-bond acceptors (Lipinski definition) is 1. The van der Waals surface area contributed by atoms with E-state index in [2.05, 4.69) is 41.5 Å². The molecule has 2 rings (SSSR count). The van der Waals surface area contributed by atoms with Crippen LogP contribution in [0.15, 0.2) is 18.2 Å². The first kappa shape index (κ1) is 16.7. The van der Waals surface area contributed by atoms with E-state index >= 15 is 0 Å². The largest absolute Gasteiger partial charge is 0.237 e. The number of halogens is 1. The predicted octanol–water partition coefficient (Wildman–Crippen LogP) is 5.44. The molecule has 2 nitrogen and oxygen atoms in total. The van der Waals surface area contributed by atoms with Gasteiger partial charge in [0.25, 0.3) is 0 Å². The van der Waals surface area contributed by atoms with Gasteiger partial charge < -0.3 is 0 Å². The van der Waals surface area contributed by atoms with Crippen LogP contribution in [0.25, 0.3) is 5.69 Å². The van der Waals surface area contributed by atoms with E-state index in [1.807, 2.05) is 17.7 Å². The Labute approximate surface area is 133 Å². The molecular weight excluding hydrogens is 275 g/mol. The van der Waals surface area contributed by atoms with Gasteiger partial charge in [-0.15, -0.1) is 0 Å². The second-order valence-electron chi connectivity index (χ2n) is 7.25. The molecule has 1 unspecified atom stereocenters. The van der Waals surface area contributed by atoms with Crippen LogP contribution in [-0.2, 0) is 5.41 Å². The summed E-state index contributed by atoms with van der Waals surface area (Å²) in [7, 11) is 0. The van der Waals surface area contributed by atoms with Crippen LogP contribution in [0.4, 0.5) is 4.39 Å². The van der Waals surface area contributed by atoms with Crippen LogP contribution >= 0.6 is 0 Å². The van der Waals surface area contributed by atoms with Crippen LogP contribution in [0.2, 0.25) is 0 Å². The first-order valence-electron chi connectivity index (χ1n) is 8.03. The zero-order valence-electron chi connectivity index (χ0n) is 14.8. The van der Waals surface area contributed by atoms with Crippen molar-refractivity contribution in [3.63, 3.8) is 0 Å². The lowest BCUT2D eigenvalue weighted by atomic mass is 9.82. The van der Waals surface area contributed by atoms with Gasteiger partial charge in [0.2, 0.25) is 0 Å². The molecule has 1 aromatic heterocycles. The van der Waals surface area contributed by atoms with E-state index in [-0.39, 0.29) is 11.2 Å². The van der Waals surface area contributed by atoms with Gasteiger partial charge in [0.15, 0.2) is 0 Å². The molecule has 0 aliphatic heterocycles. The minimum atomic E-state index is -0.204. The smallest absolute Gasteiger partial charge is 0.123 e. The summed E-state index contributed by atoms with van der Waals surface area (Å²) in [5.74, 6) is 0.208. The highest BCUT2D eigenvalue weighted by atomic mass is 19.1. The Morgan fingerprint density at radius 3 is 2.36 bits per heavy atom. The fraction of sp³-hybridized carbons (Fsp3) is 0.526. The lowest BCUT2D eigenvalue weighted by molar-refractivity contribution is 0.565. The maximum absolute atomic E-state index is 13.4. The molecule has 22 heavy (non-hydrogen) atoms. The van der Waals surface area contributed by atoms with Crippen LogP contribution in [0.5, 0.6) is 0 Å². The van der Waals surface area contributed by atoms with E-state index in [1.165, 1.54) is 11.6 Å². The Bertz CT molecular complexity index is 677. The average Bonchev–Trinajstić information content (AvgIpc) is 2.75. The standard InChI is InChI=1S/C19H27FN2/c1-8-12(2)18-17(19(5,6)7)14(4)22(21-18)16-10-9-15(20)11-13(16)3/h9-12H,8H2,1-7H3. The van der Waals surface area contributed by atoms with Crippen molar-refractivity contribution in [3.05, 3.63) is 46.5 Å². The topological polar surface area (TPSA) is 17.8 Å². The van der Waals surface area contributed by atoms with Crippen LogP contribution in [0.1, 0.15) is 69.5 Å². The molecule has 0 spiro atoms. The lowest BCUT2D eigenvalue weighted by Gasteiger charge is -2.22. The first-order valence-corrected chi connectivity index (χ1v) is 8.03. The van der Waals surface area contributed by atoms with E-state index in [1.54, 1.807) is 6.07 Å². The summed E-state index contributed by atoms with van der Waals surface area (Å²) in [6, 6.07) is 4.89. The third kappa shape index (κ3) is 2.94. The molecule has 1 atom stereocenters. The van der Waals surface area contributed by atoms with Gasteiger partial charge >= 0.3 is 0 Å². The fourth-order valence-corrected chi connectivity index (χ4v) is 3.08. The Morgan fingerprint density at radius 2 is 1.86 bits per heavy atom. The zero-order chi connectivity index (χ0) is 16.7. The Hall–Kier alpha value is -1.64. The van der Waals surface area contributed by atoms with Crippen LogP contribution in [0.3, 0.4) is 0 Å². The normalized spacial score (nSPS) is 13.5. The highest BCUT2D eigenvalue weighted by Crippen LogP contribution is 2.35. The van der Waals surface area contributed by atoms with Gasteiger partial charge in [-0.3, -0.25) is 0 Å². The summed E-state index contributed by atoms with van der Waals surface area (Å²) in [5, 5.41) is 4.90. The maximum Gasteiger partial charge on any atom is 0.123 e. The molecule has 0 saturated heterocycles. The van der Waals surface area contributed by atoms with Crippen molar-refractivity contribution >= 4 is 0 Å². The Kier molecular flexibility index (Phi) is 4.46. The van der Waals surface area contributed by atoms with Crippen molar-refractivity contribution in [2.75, 3.05) is 0 Å². The molecule has 0 amide bonds. The number of rotatable bonds is 3. The van der Waals surface area contributed by atoms with E-state index in [0.717, 1.165) is 29.1 Å². The van der Waals surface area contributed by atoms with E-state index in [0.29, 0.717) is 5.92 Å². The summed E-state index contributed by atoms with van der Waals surface area (Å²) in [6.07, 6.45) is 1.06. The second kappa shape index (κ2) is 5.86. The minimum Gasteiger partial charge on any atom is -0.237 e. The maximum atomic E-state index is 13.4. The quantitative estimate of drug-likeness (QED) is 0.738. The van der Waals surface area contributed by atoms with Gasteiger partial charge in [-0.2, -0.15) is 5.10 Å². The highest BCUT2D eigenvalue weighted by molar-refractivity contribution is 5.45. The van der Waals surface area contributed by atoms with Crippen LogP contribution in [0, 0.1) is 19.7 Å². The summed E-state index contributed by atoms with van der Waals surface area (Å²) in [4.78, 5) is 0. The molecule has 0 fully saturated rings. The van der Waals surface area contributed by atoms with Crippen molar-refractivity contribution in [3.8, 4) is 5.69 Å². The van der Waals surface area contributed by atoms with Gasteiger partial charge in [-0.25, -0.2) is 9.07 Å². The number of benzene rings is 1. The molecule has 3 heteroatoms. The third-order valence-electron chi connectivity index (χ3n) is 4.36. The molecule has 0 bridgehead atoms. The summed E-state index contributed by atoms with van der Waals surface area (Å²) in [6.45, 7) is 15.1. The molecule has 0 N–H and O–H groups in total. The zero-order valence-corrected chi connectivity index (χ0v) is 14.8. The molecule has 0 radical (unpaired) electrons. The molecule has 1 aromatic carbocycles. The van der Waals surface area contributed by atoms with Gasteiger partial charge in [0.05, 0.1) is 11.4 Å². The van der Waals surface area contributed by atoms with Gasteiger partial charge in [-0.05, 0) is 49.4 Å². The van der Waals surface area contributed by atoms with Crippen molar-refractivity contribution in [1.29, 1.82) is 0 Å². The van der Waals surface area contributed by atoms with Crippen LogP contribution in [-0.4, -0.2) is 9.78 Å². The predicted molar refractivity (Wildman–Crippen MR) is 90.4 cm³/mol. The highest BCUT2D eigenvalue weighted by Gasteiger charge is 2.28. The number of nitrogens with zero attached hydrogens (tertiary/aromatic N) is 2. The van der Waals surface area contributed by atoms with Crippen molar-refractivity contribution in [1.82, 2.24) is 9.78 Å². The molecule has 2 aromatic rings. The van der Waals surface area contributed by atoms with Crippen molar-refractivity contribution in [2.24, 2.45) is 0 Å². The van der Waals surface area contributed by atoms with Gasteiger partial charge in [0, 0.05) is 17.2 Å². The monoisotopic (exact) mass is 302 g/mol. The van der Waals surface area contributed by atoms with E-state index < -0.39 is 0 Å². The molecule has 0 saturated carbocycles. The molecular formula is C19H27FN2. The average molecular weight is 302 g/mol. The third-order valence-corrected chi connectivity index (χ3v) is 4.36. The fourth-order valence-electron chi connectivity index (χ4n) is 3.08. The number of hydrogen-bond donors (Lipinski definition) is 0. The summed E-state index contributed by atoms with van der Waals surface area (Å²) >= 11 is 0.